The van der Waals surface area contributed by atoms with Crippen LogP contribution in [-0.2, 0) is 19.7 Å². The van der Waals surface area contributed by atoms with Gasteiger partial charge >= 0.3 is 0 Å². The molecule has 0 radical (unpaired) electrons. The van der Waals surface area contributed by atoms with Crippen LogP contribution in [-0.4, -0.2) is 59.1 Å². The van der Waals surface area contributed by atoms with E-state index in [4.69, 9.17) is 14.3 Å². The first-order valence-corrected chi connectivity index (χ1v) is 11.4. The number of methoxy groups -OCH3 is 2. The van der Waals surface area contributed by atoms with Crippen LogP contribution in [0.15, 0.2) is 47.4 Å². The third-order valence-corrected chi connectivity index (χ3v) is 6.56. The molecule has 0 heterocycles. The average molecular weight is 480 g/mol. The maximum absolute atomic E-state index is 12.9. The molecule has 2 N–H and O–H groups in total. The lowest BCUT2D eigenvalue weighted by atomic mass is 10.0. The van der Waals surface area contributed by atoms with Crippen molar-refractivity contribution in [2.45, 2.75) is 24.8 Å². The monoisotopic (exact) mass is 479 g/mol. The van der Waals surface area contributed by atoms with E-state index < -0.39 is 27.9 Å². The van der Waals surface area contributed by atoms with Crippen molar-refractivity contribution in [3.8, 4) is 11.5 Å². The number of amides is 2. The van der Waals surface area contributed by atoms with Gasteiger partial charge in [0.1, 0.15) is 17.5 Å². The Morgan fingerprint density at radius 3 is 1.94 bits per heavy atom. The number of hydrogen-bond acceptors (Lipinski definition) is 7. The van der Waals surface area contributed by atoms with Gasteiger partial charge in [-0.3, -0.25) is 14.4 Å². The molecule has 2 aromatic carbocycles. The predicted octanol–water partition coefficient (Wildman–Crippen LogP) is 2.28. The van der Waals surface area contributed by atoms with E-state index in [0.29, 0.717) is 17.2 Å². The van der Waals surface area contributed by atoms with Crippen LogP contribution in [0.1, 0.15) is 24.2 Å². The molecule has 0 aliphatic heterocycles. The summed E-state index contributed by atoms with van der Waals surface area (Å²) < 4.78 is 35.7. The van der Waals surface area contributed by atoms with Crippen molar-refractivity contribution in [1.29, 1.82) is 0 Å². The molecule has 0 fully saturated rings. The highest BCUT2D eigenvalue weighted by Gasteiger charge is 2.26. The number of carbonyl (C=O) groups excluding carboxylic acids is 2. The summed E-state index contributed by atoms with van der Waals surface area (Å²) in [6, 6.07) is 9.50. The van der Waals surface area contributed by atoms with Crippen LogP contribution < -0.4 is 20.1 Å². The van der Waals surface area contributed by atoms with Crippen molar-refractivity contribution in [3.63, 3.8) is 0 Å². The average Bonchev–Trinajstić information content (AvgIpc) is 2.81. The van der Waals surface area contributed by atoms with E-state index >= 15 is 0 Å². The normalized spacial score (nSPS) is 12.4. The number of benzene rings is 2. The minimum atomic E-state index is -3.80. The fourth-order valence-electron chi connectivity index (χ4n) is 2.87. The summed E-state index contributed by atoms with van der Waals surface area (Å²) in [6.45, 7) is 3.60. The topological polar surface area (TPSA) is 123 Å². The fourth-order valence-corrected chi connectivity index (χ4v) is 3.85. The highest BCUT2D eigenvalue weighted by Crippen LogP contribution is 2.23. The van der Waals surface area contributed by atoms with E-state index in [0.717, 1.165) is 4.47 Å². The Morgan fingerprint density at radius 2 is 1.48 bits per heavy atom. The van der Waals surface area contributed by atoms with Gasteiger partial charge in [-0.2, -0.15) is 0 Å². The zero-order valence-electron chi connectivity index (χ0n) is 19.4. The molecule has 0 aliphatic carbocycles. The summed E-state index contributed by atoms with van der Waals surface area (Å²) in [5.41, 5.74) is 0.656. The number of anilines is 1. The van der Waals surface area contributed by atoms with Crippen LogP contribution in [0.25, 0.3) is 0 Å². The number of nitrogens with one attached hydrogen (secondary N) is 2. The molecule has 0 saturated carbocycles. The Labute approximate surface area is 193 Å². The van der Waals surface area contributed by atoms with E-state index in [-0.39, 0.29) is 16.4 Å². The van der Waals surface area contributed by atoms with Crippen LogP contribution in [0.3, 0.4) is 0 Å². The van der Waals surface area contributed by atoms with Gasteiger partial charge in [-0.25, -0.2) is 8.42 Å². The van der Waals surface area contributed by atoms with Gasteiger partial charge in [-0.15, -0.1) is 0 Å². The first-order chi connectivity index (χ1) is 15.5. The Hall–Kier alpha value is -3.15. The van der Waals surface area contributed by atoms with Crippen molar-refractivity contribution in [3.05, 3.63) is 48.0 Å². The van der Waals surface area contributed by atoms with Crippen LogP contribution in [0.2, 0.25) is 0 Å². The molecule has 2 amide bonds. The molecule has 2 aromatic rings. The molecular weight excluding hydrogens is 450 g/mol. The molecule has 10 nitrogen and oxygen atoms in total. The zero-order chi connectivity index (χ0) is 24.8. The number of carbonyl (C=O) groups is 2. The predicted molar refractivity (Wildman–Crippen MR) is 123 cm³/mol. The largest absolute Gasteiger partial charge is 0.497 e. The Bertz CT molecular complexity index is 1060. The molecule has 0 aliphatic rings. The molecule has 1 atom stereocenters. The number of hydrogen-bond donors (Lipinski definition) is 2. The summed E-state index contributed by atoms with van der Waals surface area (Å²) in [4.78, 5) is 30.4. The number of nitrogens with zero attached hydrogens (tertiary/aromatic N) is 1. The summed E-state index contributed by atoms with van der Waals surface area (Å²) in [7, 11) is 1.67. The van der Waals surface area contributed by atoms with Gasteiger partial charge in [-0.1, -0.05) is 18.3 Å². The van der Waals surface area contributed by atoms with E-state index in [1.807, 2.05) is 0 Å². The highest BCUT2D eigenvalue weighted by atomic mass is 32.2. The summed E-state index contributed by atoms with van der Waals surface area (Å²) in [5, 5.41) is 5.44. The number of sulfonamides is 1. The number of rotatable bonds is 10. The minimum absolute atomic E-state index is 0.00512. The smallest absolute Gasteiger partial charge is 0.264 e. The second kappa shape index (κ2) is 11.1. The molecule has 33 heavy (non-hydrogen) atoms. The molecule has 180 valence electrons. The van der Waals surface area contributed by atoms with Gasteiger partial charge in [0.15, 0.2) is 0 Å². The van der Waals surface area contributed by atoms with Gasteiger partial charge in [0.2, 0.25) is 5.91 Å². The van der Waals surface area contributed by atoms with E-state index in [9.17, 15) is 18.0 Å². The molecule has 0 spiro atoms. The minimum Gasteiger partial charge on any atom is -0.497 e. The van der Waals surface area contributed by atoms with Crippen molar-refractivity contribution in [2.24, 2.45) is 5.92 Å². The Kier molecular flexibility index (Phi) is 8.80. The molecule has 0 unspecified atom stereocenters. The second-order valence-corrected chi connectivity index (χ2v) is 9.34. The van der Waals surface area contributed by atoms with Crippen LogP contribution in [0.4, 0.5) is 5.69 Å². The zero-order valence-corrected chi connectivity index (χ0v) is 20.2. The number of ether oxygens (including phenoxy) is 2. The fraction of sp³-hybridized carbons (Fsp3) is 0.364. The van der Waals surface area contributed by atoms with Crippen molar-refractivity contribution < 1.29 is 32.3 Å². The van der Waals surface area contributed by atoms with Gasteiger partial charge < -0.3 is 20.1 Å². The third kappa shape index (κ3) is 6.44. The van der Waals surface area contributed by atoms with E-state index in [1.54, 1.807) is 32.0 Å². The van der Waals surface area contributed by atoms with Gasteiger partial charge in [0, 0.05) is 24.4 Å². The molecule has 0 aromatic heterocycles. The molecule has 2 rings (SSSR count). The Balaban J connectivity index is 2.17. The van der Waals surface area contributed by atoms with Crippen molar-refractivity contribution >= 4 is 27.5 Å². The van der Waals surface area contributed by atoms with Gasteiger partial charge in [0.05, 0.1) is 26.2 Å². The van der Waals surface area contributed by atoms with Gasteiger partial charge in [-0.05, 0) is 42.3 Å². The molecular formula is C22H29N3O7S. The maximum Gasteiger partial charge on any atom is 0.264 e. The van der Waals surface area contributed by atoms with Gasteiger partial charge in [0.25, 0.3) is 15.9 Å². The van der Waals surface area contributed by atoms with Crippen molar-refractivity contribution in [2.75, 3.05) is 33.7 Å². The lowest BCUT2D eigenvalue weighted by Crippen LogP contribution is -2.47. The van der Waals surface area contributed by atoms with Crippen molar-refractivity contribution in [1.82, 2.24) is 9.79 Å². The van der Waals surface area contributed by atoms with E-state index in [2.05, 4.69) is 10.6 Å². The third-order valence-electron chi connectivity index (χ3n) is 4.86. The van der Waals surface area contributed by atoms with Crippen LogP contribution >= 0.6 is 0 Å². The quantitative estimate of drug-likeness (QED) is 0.501. The molecule has 11 heteroatoms. The van der Waals surface area contributed by atoms with Crippen LogP contribution in [0, 0.1) is 5.92 Å². The maximum atomic E-state index is 12.9. The first-order valence-electron chi connectivity index (χ1n) is 10.0. The second-order valence-electron chi connectivity index (χ2n) is 7.41. The van der Waals surface area contributed by atoms with Crippen LogP contribution in [0.5, 0.6) is 11.5 Å². The SMILES string of the molecule is COc1cc(OC)cc(C(=O)N[C@H](C(=O)Nc2ccc(S(=O)(=O)N(C)OC)cc2)C(C)C)c1. The molecule has 0 saturated heterocycles. The molecule has 0 bridgehead atoms. The standard InChI is InChI=1S/C22H29N3O7S/c1-14(2)20(24-21(26)15-11-17(30-4)13-18(12-15)31-5)22(27)23-16-7-9-19(10-8-16)33(28,29)25(3)32-6/h7-14,20H,1-6H3,(H,23,27)(H,24,26)/t20-/m0/s1. The Morgan fingerprint density at radius 1 is 0.939 bits per heavy atom. The summed E-state index contributed by atoms with van der Waals surface area (Å²) in [5.74, 6) is -0.252. The highest BCUT2D eigenvalue weighted by molar-refractivity contribution is 7.89. The van der Waals surface area contributed by atoms with E-state index in [1.165, 1.54) is 52.6 Å². The lowest BCUT2D eigenvalue weighted by molar-refractivity contribution is -0.118. The summed E-state index contributed by atoms with van der Waals surface area (Å²) >= 11 is 0. The lowest BCUT2D eigenvalue weighted by Gasteiger charge is -2.22. The summed E-state index contributed by atoms with van der Waals surface area (Å²) in [6.07, 6.45) is 0. The first kappa shape index (κ1) is 26.1. The number of hydroxylamine groups is 1.